The van der Waals surface area contributed by atoms with Crippen molar-refractivity contribution in [2.45, 2.75) is 12.5 Å². The monoisotopic (exact) mass is 354 g/mol. The highest BCUT2D eigenvalue weighted by Gasteiger charge is 2.23. The van der Waals surface area contributed by atoms with Crippen molar-refractivity contribution in [3.63, 3.8) is 0 Å². The van der Waals surface area contributed by atoms with Crippen molar-refractivity contribution in [1.29, 1.82) is 0 Å². The van der Waals surface area contributed by atoms with Crippen LogP contribution in [0.1, 0.15) is 16.8 Å². The maximum absolute atomic E-state index is 12.3. The lowest BCUT2D eigenvalue weighted by atomic mass is 10.2. The van der Waals surface area contributed by atoms with E-state index in [9.17, 15) is 9.59 Å². The topological polar surface area (TPSA) is 67.9 Å². The van der Waals surface area contributed by atoms with E-state index in [1.54, 1.807) is 36.2 Å². The first kappa shape index (κ1) is 17.8. The third kappa shape index (κ3) is 4.53. The van der Waals surface area contributed by atoms with Crippen LogP contribution in [0.25, 0.3) is 0 Å². The summed E-state index contributed by atoms with van der Waals surface area (Å²) in [5.74, 6) is 1.18. The number of ether oxygens (including phenoxy) is 2. The SMILES string of the molecule is CN(CC1COc2ccccc2O1)C(=O)CCNC(=O)c1ccccc1. The van der Waals surface area contributed by atoms with Crippen molar-refractivity contribution >= 4 is 11.8 Å². The zero-order valence-corrected chi connectivity index (χ0v) is 14.7. The van der Waals surface area contributed by atoms with Gasteiger partial charge in [-0.2, -0.15) is 0 Å². The highest BCUT2D eigenvalue weighted by atomic mass is 16.6. The lowest BCUT2D eigenvalue weighted by molar-refractivity contribution is -0.131. The Hall–Kier alpha value is -3.02. The summed E-state index contributed by atoms with van der Waals surface area (Å²) < 4.78 is 11.5. The van der Waals surface area contributed by atoms with E-state index in [1.807, 2.05) is 30.3 Å². The Morgan fingerprint density at radius 2 is 1.77 bits per heavy atom. The molecule has 6 nitrogen and oxygen atoms in total. The molecular weight excluding hydrogens is 332 g/mol. The third-order valence-electron chi connectivity index (χ3n) is 4.13. The zero-order valence-electron chi connectivity index (χ0n) is 14.7. The van der Waals surface area contributed by atoms with E-state index in [4.69, 9.17) is 9.47 Å². The van der Waals surface area contributed by atoms with Crippen LogP contribution in [0.15, 0.2) is 54.6 Å². The zero-order chi connectivity index (χ0) is 18.4. The molecule has 2 aromatic rings. The van der Waals surface area contributed by atoms with Crippen LogP contribution in [-0.4, -0.2) is 49.6 Å². The molecular formula is C20H22N2O4. The highest BCUT2D eigenvalue weighted by Crippen LogP contribution is 2.30. The highest BCUT2D eigenvalue weighted by molar-refractivity contribution is 5.94. The first-order valence-electron chi connectivity index (χ1n) is 8.59. The molecule has 1 aliphatic rings. The molecule has 0 bridgehead atoms. The number of likely N-dealkylation sites (N-methyl/N-ethyl adjacent to an activating group) is 1. The molecule has 6 heteroatoms. The van der Waals surface area contributed by atoms with Crippen LogP contribution in [0.3, 0.4) is 0 Å². The summed E-state index contributed by atoms with van der Waals surface area (Å²) in [6.07, 6.45) is 0.0249. The average Bonchev–Trinajstić information content (AvgIpc) is 2.68. The minimum absolute atomic E-state index is 0.0548. The molecule has 0 saturated heterocycles. The van der Waals surface area contributed by atoms with Gasteiger partial charge in [0.1, 0.15) is 6.61 Å². The summed E-state index contributed by atoms with van der Waals surface area (Å²) in [5, 5.41) is 2.76. The van der Waals surface area contributed by atoms with Gasteiger partial charge in [-0.25, -0.2) is 0 Å². The van der Waals surface area contributed by atoms with Gasteiger partial charge in [0.15, 0.2) is 17.6 Å². The maximum atomic E-state index is 12.3. The molecule has 1 atom stereocenters. The minimum Gasteiger partial charge on any atom is -0.486 e. The van der Waals surface area contributed by atoms with Crippen molar-refractivity contribution in [2.75, 3.05) is 26.7 Å². The molecule has 136 valence electrons. The maximum Gasteiger partial charge on any atom is 0.251 e. The number of nitrogens with one attached hydrogen (secondary N) is 1. The Labute approximate surface area is 152 Å². The van der Waals surface area contributed by atoms with Crippen molar-refractivity contribution in [3.8, 4) is 11.5 Å². The molecule has 26 heavy (non-hydrogen) atoms. The fourth-order valence-corrected chi connectivity index (χ4v) is 2.73. The molecule has 0 spiro atoms. The van der Waals surface area contributed by atoms with Gasteiger partial charge in [-0.1, -0.05) is 30.3 Å². The van der Waals surface area contributed by atoms with Gasteiger partial charge in [0.05, 0.1) is 6.54 Å². The first-order chi connectivity index (χ1) is 12.6. The van der Waals surface area contributed by atoms with Gasteiger partial charge < -0.3 is 19.7 Å². The van der Waals surface area contributed by atoms with Crippen LogP contribution >= 0.6 is 0 Å². The standard InChI is InChI=1S/C20H22N2O4/c1-22(13-16-14-25-17-9-5-6-10-18(17)26-16)19(23)11-12-21-20(24)15-7-3-2-4-8-15/h2-10,16H,11-14H2,1H3,(H,21,24). The van der Waals surface area contributed by atoms with Gasteiger partial charge in [-0.05, 0) is 24.3 Å². The molecule has 0 radical (unpaired) electrons. The van der Waals surface area contributed by atoms with Gasteiger partial charge in [-0.3, -0.25) is 9.59 Å². The summed E-state index contributed by atoms with van der Waals surface area (Å²) in [6.45, 7) is 1.13. The summed E-state index contributed by atoms with van der Waals surface area (Å²) in [6, 6.07) is 16.4. The number of amides is 2. The van der Waals surface area contributed by atoms with Crippen LogP contribution in [0.5, 0.6) is 11.5 Å². The van der Waals surface area contributed by atoms with Gasteiger partial charge >= 0.3 is 0 Å². The Morgan fingerprint density at radius 3 is 2.54 bits per heavy atom. The number of nitrogens with zero attached hydrogens (tertiary/aromatic N) is 1. The van der Waals surface area contributed by atoms with Gasteiger partial charge in [0, 0.05) is 25.6 Å². The van der Waals surface area contributed by atoms with Crippen molar-refractivity contribution in [2.24, 2.45) is 0 Å². The van der Waals surface area contributed by atoms with E-state index >= 15 is 0 Å². The van der Waals surface area contributed by atoms with E-state index < -0.39 is 0 Å². The molecule has 2 amide bonds. The van der Waals surface area contributed by atoms with Crippen molar-refractivity contribution < 1.29 is 19.1 Å². The summed E-state index contributed by atoms with van der Waals surface area (Å²) in [7, 11) is 1.73. The van der Waals surface area contributed by atoms with Gasteiger partial charge in [0.2, 0.25) is 5.91 Å². The molecule has 0 saturated carbocycles. The molecule has 1 aliphatic heterocycles. The summed E-state index contributed by atoms with van der Waals surface area (Å²) in [5.41, 5.74) is 0.583. The Balaban J connectivity index is 1.42. The molecule has 1 unspecified atom stereocenters. The molecule has 1 heterocycles. The second kappa shape index (κ2) is 8.38. The van der Waals surface area contributed by atoms with Crippen LogP contribution in [0.4, 0.5) is 0 Å². The van der Waals surface area contributed by atoms with E-state index in [-0.39, 0.29) is 24.3 Å². The van der Waals surface area contributed by atoms with Crippen molar-refractivity contribution in [1.82, 2.24) is 10.2 Å². The number of rotatable bonds is 6. The fourth-order valence-electron chi connectivity index (χ4n) is 2.73. The summed E-state index contributed by atoms with van der Waals surface area (Å²) >= 11 is 0. The van der Waals surface area contributed by atoms with E-state index in [0.717, 1.165) is 5.75 Å². The van der Waals surface area contributed by atoms with Crippen LogP contribution in [0, 0.1) is 0 Å². The van der Waals surface area contributed by atoms with E-state index in [2.05, 4.69) is 5.32 Å². The molecule has 0 aromatic heterocycles. The van der Waals surface area contributed by atoms with E-state index in [1.165, 1.54) is 0 Å². The lowest BCUT2D eigenvalue weighted by Crippen LogP contribution is -2.42. The predicted molar refractivity (Wildman–Crippen MR) is 97.4 cm³/mol. The second-order valence-corrected chi connectivity index (χ2v) is 6.14. The molecule has 0 aliphatic carbocycles. The third-order valence-corrected chi connectivity index (χ3v) is 4.13. The first-order valence-corrected chi connectivity index (χ1v) is 8.59. The number of para-hydroxylation sites is 2. The predicted octanol–water partition coefficient (Wildman–Crippen LogP) is 2.10. The van der Waals surface area contributed by atoms with Crippen molar-refractivity contribution in [3.05, 3.63) is 60.2 Å². The molecule has 2 aromatic carbocycles. The number of fused-ring (bicyclic) bond motifs is 1. The molecule has 3 rings (SSSR count). The second-order valence-electron chi connectivity index (χ2n) is 6.14. The van der Waals surface area contributed by atoms with E-state index in [0.29, 0.717) is 31.0 Å². The van der Waals surface area contributed by atoms with Crippen LogP contribution in [0.2, 0.25) is 0 Å². The summed E-state index contributed by atoms with van der Waals surface area (Å²) in [4.78, 5) is 25.8. The Bertz CT molecular complexity index is 763. The van der Waals surface area contributed by atoms with Gasteiger partial charge in [-0.15, -0.1) is 0 Å². The Morgan fingerprint density at radius 1 is 1.08 bits per heavy atom. The number of benzene rings is 2. The average molecular weight is 354 g/mol. The number of carbonyl (C=O) groups is 2. The van der Waals surface area contributed by atoms with Gasteiger partial charge in [0.25, 0.3) is 5.91 Å². The molecule has 0 fully saturated rings. The number of hydrogen-bond donors (Lipinski definition) is 1. The smallest absolute Gasteiger partial charge is 0.251 e. The largest absolute Gasteiger partial charge is 0.486 e. The quantitative estimate of drug-likeness (QED) is 0.863. The Kier molecular flexibility index (Phi) is 5.73. The fraction of sp³-hybridized carbons (Fsp3) is 0.300. The molecule has 1 N–H and O–H groups in total. The minimum atomic E-state index is -0.210. The van der Waals surface area contributed by atoms with Crippen LogP contribution < -0.4 is 14.8 Å². The van der Waals surface area contributed by atoms with Crippen LogP contribution in [-0.2, 0) is 4.79 Å². The lowest BCUT2D eigenvalue weighted by Gasteiger charge is -2.29. The number of hydrogen-bond acceptors (Lipinski definition) is 4. The number of carbonyl (C=O) groups excluding carboxylic acids is 2. The normalized spacial score (nSPS) is 15.2.